The third-order valence-corrected chi connectivity index (χ3v) is 6.18. The number of nitrogens with zero attached hydrogens (tertiary/aromatic N) is 2. The van der Waals surface area contributed by atoms with E-state index in [0.29, 0.717) is 22.8 Å². The molecule has 26 heavy (non-hydrogen) atoms. The molecule has 0 spiro atoms. The third-order valence-electron chi connectivity index (χ3n) is 6.18. The standard InChI is InChI=1S/C22H23FN2O/c23-19-6-3-7-20-21(19)22(24-26-20)16-10-12-25(13-11-16)14-17-9-8-15-4-1-2-5-18(15)17/h1-7,16-17H,8-14H2. The highest BCUT2D eigenvalue weighted by molar-refractivity contribution is 5.80. The number of fused-ring (bicyclic) bond motifs is 2. The molecule has 1 fully saturated rings. The molecule has 0 radical (unpaired) electrons. The number of likely N-dealkylation sites (tertiary alicyclic amines) is 1. The van der Waals surface area contributed by atoms with Gasteiger partial charge in [0, 0.05) is 12.5 Å². The van der Waals surface area contributed by atoms with E-state index in [9.17, 15) is 4.39 Å². The molecule has 1 aromatic heterocycles. The Bertz CT molecular complexity index is 927. The van der Waals surface area contributed by atoms with Crippen molar-refractivity contribution in [3.63, 3.8) is 0 Å². The first kappa shape index (κ1) is 16.0. The number of aromatic nitrogens is 1. The summed E-state index contributed by atoms with van der Waals surface area (Å²) in [6.45, 7) is 3.23. The Morgan fingerprint density at radius 3 is 2.77 bits per heavy atom. The van der Waals surface area contributed by atoms with E-state index in [1.807, 2.05) is 0 Å². The molecule has 2 heterocycles. The average Bonchev–Trinajstić information content (AvgIpc) is 3.28. The fourth-order valence-corrected chi connectivity index (χ4v) is 4.79. The highest BCUT2D eigenvalue weighted by Crippen LogP contribution is 2.37. The van der Waals surface area contributed by atoms with Gasteiger partial charge >= 0.3 is 0 Å². The van der Waals surface area contributed by atoms with E-state index in [1.165, 1.54) is 24.5 Å². The molecule has 5 rings (SSSR count). The van der Waals surface area contributed by atoms with Gasteiger partial charge in [0.2, 0.25) is 0 Å². The van der Waals surface area contributed by atoms with Gasteiger partial charge in [0.15, 0.2) is 5.58 Å². The number of halogens is 1. The Kier molecular flexibility index (Phi) is 4.01. The maximum Gasteiger partial charge on any atom is 0.170 e. The molecule has 1 saturated heterocycles. The van der Waals surface area contributed by atoms with Crippen molar-refractivity contribution < 1.29 is 8.91 Å². The van der Waals surface area contributed by atoms with E-state index >= 15 is 0 Å². The van der Waals surface area contributed by atoms with Crippen LogP contribution in [0.1, 0.15) is 47.9 Å². The quantitative estimate of drug-likeness (QED) is 0.674. The molecule has 0 amide bonds. The Labute approximate surface area is 152 Å². The Balaban J connectivity index is 1.27. The van der Waals surface area contributed by atoms with Crippen molar-refractivity contribution in [1.29, 1.82) is 0 Å². The molecule has 3 aromatic rings. The predicted octanol–water partition coefficient (Wildman–Crippen LogP) is 4.88. The predicted molar refractivity (Wildman–Crippen MR) is 99.9 cm³/mol. The van der Waals surface area contributed by atoms with Gasteiger partial charge in [-0.05, 0) is 68.0 Å². The fraction of sp³-hybridized carbons (Fsp3) is 0.409. The lowest BCUT2D eigenvalue weighted by Gasteiger charge is -2.33. The summed E-state index contributed by atoms with van der Waals surface area (Å²) < 4.78 is 19.6. The summed E-state index contributed by atoms with van der Waals surface area (Å²) >= 11 is 0. The smallest absolute Gasteiger partial charge is 0.170 e. The molecule has 4 heteroatoms. The van der Waals surface area contributed by atoms with Crippen LogP contribution in [0.3, 0.4) is 0 Å². The van der Waals surface area contributed by atoms with Crippen LogP contribution in [0.15, 0.2) is 47.0 Å². The van der Waals surface area contributed by atoms with Crippen LogP contribution < -0.4 is 0 Å². The van der Waals surface area contributed by atoms with Gasteiger partial charge in [-0.1, -0.05) is 35.5 Å². The number of benzene rings is 2. The third kappa shape index (κ3) is 2.73. The molecule has 1 atom stereocenters. The molecule has 1 aliphatic heterocycles. The summed E-state index contributed by atoms with van der Waals surface area (Å²) in [5.74, 6) is 0.733. The van der Waals surface area contributed by atoms with E-state index < -0.39 is 0 Å². The monoisotopic (exact) mass is 350 g/mol. The first-order valence-electron chi connectivity index (χ1n) is 9.63. The normalized spacial score (nSPS) is 21.3. The van der Waals surface area contributed by atoms with E-state index in [0.717, 1.165) is 38.2 Å². The van der Waals surface area contributed by atoms with Gasteiger partial charge in [0.05, 0.1) is 11.1 Å². The molecular weight excluding hydrogens is 327 g/mol. The van der Waals surface area contributed by atoms with Crippen molar-refractivity contribution in [3.05, 3.63) is 65.1 Å². The van der Waals surface area contributed by atoms with E-state index in [4.69, 9.17) is 4.52 Å². The minimum Gasteiger partial charge on any atom is -0.356 e. The lowest BCUT2D eigenvalue weighted by atomic mass is 9.90. The first-order chi connectivity index (χ1) is 12.8. The second-order valence-electron chi connectivity index (χ2n) is 7.69. The Hall–Kier alpha value is -2.20. The number of piperidine rings is 1. The number of rotatable bonds is 3. The summed E-state index contributed by atoms with van der Waals surface area (Å²) in [6, 6.07) is 13.8. The molecule has 1 aliphatic carbocycles. The Morgan fingerprint density at radius 1 is 1.04 bits per heavy atom. The second-order valence-corrected chi connectivity index (χ2v) is 7.69. The second kappa shape index (κ2) is 6.51. The molecule has 0 saturated carbocycles. The SMILES string of the molecule is Fc1cccc2onc(C3CCN(CC4CCc5ccccc54)CC3)c12. The molecule has 0 bridgehead atoms. The molecular formula is C22H23FN2O. The van der Waals surface area contributed by atoms with Crippen molar-refractivity contribution in [2.45, 2.75) is 37.5 Å². The van der Waals surface area contributed by atoms with Crippen molar-refractivity contribution in [2.75, 3.05) is 19.6 Å². The van der Waals surface area contributed by atoms with Crippen molar-refractivity contribution >= 4 is 11.0 Å². The minimum atomic E-state index is -0.219. The summed E-state index contributed by atoms with van der Waals surface area (Å²) in [4.78, 5) is 2.57. The van der Waals surface area contributed by atoms with Crippen LogP contribution in [-0.2, 0) is 6.42 Å². The Morgan fingerprint density at radius 2 is 1.88 bits per heavy atom. The van der Waals surface area contributed by atoms with Gasteiger partial charge in [-0.25, -0.2) is 4.39 Å². The molecule has 134 valence electrons. The fourth-order valence-electron chi connectivity index (χ4n) is 4.79. The number of aryl methyl sites for hydroxylation is 1. The zero-order chi connectivity index (χ0) is 17.5. The molecule has 3 nitrogen and oxygen atoms in total. The maximum absolute atomic E-state index is 14.2. The lowest BCUT2D eigenvalue weighted by Crippen LogP contribution is -2.35. The molecule has 1 unspecified atom stereocenters. The van der Waals surface area contributed by atoms with E-state index in [-0.39, 0.29) is 5.82 Å². The van der Waals surface area contributed by atoms with Crippen LogP contribution in [-0.4, -0.2) is 29.7 Å². The molecule has 2 aromatic carbocycles. The van der Waals surface area contributed by atoms with Crippen LogP contribution in [0.5, 0.6) is 0 Å². The maximum atomic E-state index is 14.2. The van der Waals surface area contributed by atoms with Crippen molar-refractivity contribution in [3.8, 4) is 0 Å². The number of hydrogen-bond donors (Lipinski definition) is 0. The van der Waals surface area contributed by atoms with Gasteiger partial charge in [-0.2, -0.15) is 0 Å². The largest absolute Gasteiger partial charge is 0.356 e. The van der Waals surface area contributed by atoms with Crippen molar-refractivity contribution in [1.82, 2.24) is 10.1 Å². The van der Waals surface area contributed by atoms with Crippen LogP contribution in [0.2, 0.25) is 0 Å². The van der Waals surface area contributed by atoms with Crippen molar-refractivity contribution in [2.24, 2.45) is 0 Å². The van der Waals surface area contributed by atoms with Crippen LogP contribution in [0.25, 0.3) is 11.0 Å². The summed E-state index contributed by atoms with van der Waals surface area (Å²) in [6.07, 6.45) is 4.51. The zero-order valence-corrected chi connectivity index (χ0v) is 14.8. The van der Waals surface area contributed by atoms with Gasteiger partial charge < -0.3 is 9.42 Å². The molecule has 0 N–H and O–H groups in total. The average molecular weight is 350 g/mol. The first-order valence-corrected chi connectivity index (χ1v) is 9.63. The highest BCUT2D eigenvalue weighted by Gasteiger charge is 2.29. The minimum absolute atomic E-state index is 0.219. The van der Waals surface area contributed by atoms with Gasteiger partial charge in [-0.15, -0.1) is 0 Å². The number of hydrogen-bond acceptors (Lipinski definition) is 3. The van der Waals surface area contributed by atoms with Crippen LogP contribution in [0.4, 0.5) is 4.39 Å². The van der Waals surface area contributed by atoms with Crippen LogP contribution >= 0.6 is 0 Å². The van der Waals surface area contributed by atoms with Gasteiger partial charge in [0.25, 0.3) is 0 Å². The summed E-state index contributed by atoms with van der Waals surface area (Å²) in [5.41, 5.74) is 4.44. The summed E-state index contributed by atoms with van der Waals surface area (Å²) in [5, 5.41) is 4.78. The topological polar surface area (TPSA) is 29.3 Å². The van der Waals surface area contributed by atoms with Gasteiger partial charge in [-0.3, -0.25) is 0 Å². The highest BCUT2D eigenvalue weighted by atomic mass is 19.1. The lowest BCUT2D eigenvalue weighted by molar-refractivity contribution is 0.197. The van der Waals surface area contributed by atoms with E-state index in [2.05, 4.69) is 34.3 Å². The van der Waals surface area contributed by atoms with E-state index in [1.54, 1.807) is 17.7 Å². The zero-order valence-electron chi connectivity index (χ0n) is 14.8. The van der Waals surface area contributed by atoms with Gasteiger partial charge in [0.1, 0.15) is 5.82 Å². The molecule has 2 aliphatic rings. The van der Waals surface area contributed by atoms with Crippen LogP contribution in [0, 0.1) is 5.82 Å². The summed E-state index contributed by atoms with van der Waals surface area (Å²) in [7, 11) is 0.